The molecule has 0 bridgehead atoms. The van der Waals surface area contributed by atoms with E-state index in [0.717, 1.165) is 67.8 Å². The number of halogens is 1. The number of carbonyl (C=O) groups excluding carboxylic acids is 2. The number of benzene rings is 2. The van der Waals surface area contributed by atoms with Crippen molar-refractivity contribution in [1.29, 1.82) is 0 Å². The third kappa shape index (κ3) is 5.61. The number of carbonyl (C=O) groups is 2. The molecular formula is C31H36ClN7O2. The van der Waals surface area contributed by atoms with E-state index >= 15 is 0 Å². The van der Waals surface area contributed by atoms with Gasteiger partial charge in [-0.3, -0.25) is 9.59 Å². The highest BCUT2D eigenvalue weighted by molar-refractivity contribution is 6.32. The molecule has 0 radical (unpaired) electrons. The number of hydrogen-bond donors (Lipinski definition) is 4. The van der Waals surface area contributed by atoms with E-state index < -0.39 is 5.41 Å². The van der Waals surface area contributed by atoms with Gasteiger partial charge in [-0.05, 0) is 86.9 Å². The SMILES string of the molecule is CC1(C)C(=O)Nc2cccc(CNc3nc(Nc4ccc(C5CCN(C(=O)C6CCCN6)CC5)cc4)ncc3Cl)c21. The lowest BCUT2D eigenvalue weighted by atomic mass is 9.83. The minimum atomic E-state index is -0.608. The van der Waals surface area contributed by atoms with Gasteiger partial charge >= 0.3 is 0 Å². The Morgan fingerprint density at radius 3 is 2.63 bits per heavy atom. The van der Waals surface area contributed by atoms with Crippen molar-refractivity contribution in [1.82, 2.24) is 20.2 Å². The molecule has 2 saturated heterocycles. The fraction of sp³-hybridized carbons (Fsp3) is 0.419. The van der Waals surface area contributed by atoms with Gasteiger partial charge in [-0.15, -0.1) is 0 Å². The normalized spacial score (nSPS) is 20.0. The third-order valence-electron chi connectivity index (χ3n) is 8.59. The molecule has 2 fully saturated rings. The number of hydrogen-bond acceptors (Lipinski definition) is 7. The van der Waals surface area contributed by atoms with E-state index in [1.165, 1.54) is 5.56 Å². The van der Waals surface area contributed by atoms with E-state index in [1.807, 2.05) is 49.1 Å². The number of aromatic nitrogens is 2. The Morgan fingerprint density at radius 1 is 1.12 bits per heavy atom. The Balaban J connectivity index is 1.07. The summed E-state index contributed by atoms with van der Waals surface area (Å²) < 4.78 is 0. The smallest absolute Gasteiger partial charge is 0.239 e. The molecule has 4 heterocycles. The minimum absolute atomic E-state index is 0.00467. The van der Waals surface area contributed by atoms with Gasteiger partial charge in [-0.2, -0.15) is 4.98 Å². The van der Waals surface area contributed by atoms with Gasteiger partial charge in [-0.1, -0.05) is 35.9 Å². The van der Waals surface area contributed by atoms with Gasteiger partial charge in [0.25, 0.3) is 0 Å². The van der Waals surface area contributed by atoms with E-state index in [4.69, 9.17) is 11.6 Å². The van der Waals surface area contributed by atoms with Crippen LogP contribution in [0.1, 0.15) is 62.1 Å². The fourth-order valence-corrected chi connectivity index (χ4v) is 6.39. The fourth-order valence-electron chi connectivity index (χ4n) is 6.23. The van der Waals surface area contributed by atoms with Crippen LogP contribution in [-0.4, -0.2) is 52.4 Å². The van der Waals surface area contributed by atoms with Crippen molar-refractivity contribution < 1.29 is 9.59 Å². The summed E-state index contributed by atoms with van der Waals surface area (Å²) in [4.78, 5) is 36.2. The zero-order chi connectivity index (χ0) is 28.6. The summed E-state index contributed by atoms with van der Waals surface area (Å²) in [6.45, 7) is 6.90. The molecule has 0 spiro atoms. The largest absolute Gasteiger partial charge is 0.365 e. The lowest BCUT2D eigenvalue weighted by molar-refractivity contribution is -0.134. The van der Waals surface area contributed by atoms with Crippen LogP contribution < -0.4 is 21.3 Å². The van der Waals surface area contributed by atoms with Gasteiger partial charge in [0.15, 0.2) is 5.82 Å². The summed E-state index contributed by atoms with van der Waals surface area (Å²) in [7, 11) is 0. The van der Waals surface area contributed by atoms with Gasteiger partial charge < -0.3 is 26.2 Å². The molecule has 1 atom stereocenters. The van der Waals surface area contributed by atoms with E-state index in [0.29, 0.717) is 29.3 Å². The highest BCUT2D eigenvalue weighted by Gasteiger charge is 2.40. The standard InChI is InChI=1S/C31H36ClN7O2/c1-31(2)26-21(5-3-6-24(26)37-29(31)41)17-34-27-23(32)18-35-30(38-27)36-22-10-8-19(9-11-22)20-12-15-39(16-13-20)28(40)25-7-4-14-33-25/h3,5-6,8-11,18,20,25,33H,4,7,12-17H2,1-2H3,(H,37,41)(H2,34,35,36,38). The first-order chi connectivity index (χ1) is 19.8. The lowest BCUT2D eigenvalue weighted by Gasteiger charge is -2.33. The average Bonchev–Trinajstić information content (AvgIpc) is 3.60. The molecule has 3 aliphatic rings. The van der Waals surface area contributed by atoms with E-state index in [9.17, 15) is 9.59 Å². The molecule has 1 unspecified atom stereocenters. The van der Waals surface area contributed by atoms with E-state index in [2.05, 4.69) is 43.4 Å². The van der Waals surface area contributed by atoms with Crippen molar-refractivity contribution in [3.05, 3.63) is 70.4 Å². The molecule has 9 nitrogen and oxygen atoms in total. The predicted octanol–water partition coefficient (Wildman–Crippen LogP) is 5.17. The molecule has 0 aliphatic carbocycles. The number of nitrogens with zero attached hydrogens (tertiary/aromatic N) is 3. The Labute approximate surface area is 245 Å². The van der Waals surface area contributed by atoms with Crippen LogP contribution in [0.3, 0.4) is 0 Å². The second kappa shape index (κ2) is 11.3. The second-order valence-electron chi connectivity index (χ2n) is 11.7. The topological polar surface area (TPSA) is 111 Å². The Hall–Kier alpha value is -3.69. The third-order valence-corrected chi connectivity index (χ3v) is 8.86. The molecule has 2 amide bonds. The quantitative estimate of drug-likeness (QED) is 0.308. The lowest BCUT2D eigenvalue weighted by Crippen LogP contribution is -2.46. The molecule has 0 saturated carbocycles. The first-order valence-corrected chi connectivity index (χ1v) is 14.8. The molecule has 1 aromatic heterocycles. The zero-order valence-electron chi connectivity index (χ0n) is 23.5. The van der Waals surface area contributed by atoms with Gasteiger partial charge in [0, 0.05) is 31.0 Å². The maximum atomic E-state index is 12.7. The summed E-state index contributed by atoms with van der Waals surface area (Å²) in [5.74, 6) is 1.66. The number of amides is 2. The molecule has 4 N–H and O–H groups in total. The number of anilines is 4. The summed E-state index contributed by atoms with van der Waals surface area (Å²) >= 11 is 6.43. The molecule has 3 aromatic rings. The summed E-state index contributed by atoms with van der Waals surface area (Å²) in [6.07, 6.45) is 5.57. The summed E-state index contributed by atoms with van der Waals surface area (Å²) in [6, 6.07) is 14.3. The van der Waals surface area contributed by atoms with Crippen LogP contribution in [0, 0.1) is 0 Å². The van der Waals surface area contributed by atoms with Crippen molar-refractivity contribution in [2.45, 2.75) is 63.5 Å². The maximum Gasteiger partial charge on any atom is 0.239 e. The van der Waals surface area contributed by atoms with Gasteiger partial charge in [0.05, 0.1) is 17.7 Å². The van der Waals surface area contributed by atoms with Crippen LogP contribution in [0.25, 0.3) is 0 Å². The molecular weight excluding hydrogens is 538 g/mol. The summed E-state index contributed by atoms with van der Waals surface area (Å²) in [5, 5.41) is 13.3. The predicted molar refractivity (Wildman–Crippen MR) is 162 cm³/mol. The number of likely N-dealkylation sites (tertiary alicyclic amines) is 1. The van der Waals surface area contributed by atoms with Crippen LogP contribution in [0.2, 0.25) is 5.02 Å². The van der Waals surface area contributed by atoms with Crippen molar-refractivity contribution in [3.63, 3.8) is 0 Å². The van der Waals surface area contributed by atoms with Crippen LogP contribution in [0.4, 0.5) is 23.1 Å². The van der Waals surface area contributed by atoms with Crippen molar-refractivity contribution in [2.75, 3.05) is 35.6 Å². The molecule has 3 aliphatic heterocycles. The number of fused-ring (bicyclic) bond motifs is 1. The van der Waals surface area contributed by atoms with E-state index in [1.54, 1.807) is 6.20 Å². The molecule has 10 heteroatoms. The number of rotatable bonds is 7. The zero-order valence-corrected chi connectivity index (χ0v) is 24.2. The maximum absolute atomic E-state index is 12.7. The van der Waals surface area contributed by atoms with Crippen LogP contribution in [-0.2, 0) is 21.5 Å². The minimum Gasteiger partial charge on any atom is -0.365 e. The highest BCUT2D eigenvalue weighted by atomic mass is 35.5. The number of nitrogens with one attached hydrogen (secondary N) is 4. The van der Waals surface area contributed by atoms with Gasteiger partial charge in [-0.25, -0.2) is 4.98 Å². The monoisotopic (exact) mass is 573 g/mol. The van der Waals surface area contributed by atoms with E-state index in [-0.39, 0.29) is 17.9 Å². The van der Waals surface area contributed by atoms with Gasteiger partial charge in [0.2, 0.25) is 17.8 Å². The van der Waals surface area contributed by atoms with Crippen LogP contribution >= 0.6 is 11.6 Å². The first-order valence-electron chi connectivity index (χ1n) is 14.4. The second-order valence-corrected chi connectivity index (χ2v) is 12.1. The first kappa shape index (κ1) is 27.5. The average molecular weight is 574 g/mol. The summed E-state index contributed by atoms with van der Waals surface area (Å²) in [5.41, 5.74) is 4.41. The Morgan fingerprint density at radius 2 is 1.90 bits per heavy atom. The van der Waals surface area contributed by atoms with Crippen molar-refractivity contribution >= 4 is 46.6 Å². The molecule has 41 heavy (non-hydrogen) atoms. The number of piperidine rings is 1. The Kier molecular flexibility index (Phi) is 7.57. The van der Waals surface area contributed by atoms with Crippen LogP contribution in [0.15, 0.2) is 48.7 Å². The molecule has 6 rings (SSSR count). The van der Waals surface area contributed by atoms with Crippen molar-refractivity contribution in [2.24, 2.45) is 0 Å². The molecule has 2 aromatic carbocycles. The van der Waals surface area contributed by atoms with Crippen molar-refractivity contribution in [3.8, 4) is 0 Å². The molecule has 214 valence electrons. The Bertz CT molecular complexity index is 1450. The van der Waals surface area contributed by atoms with Crippen LogP contribution in [0.5, 0.6) is 0 Å². The highest BCUT2D eigenvalue weighted by Crippen LogP contribution is 2.40. The van der Waals surface area contributed by atoms with Gasteiger partial charge in [0.1, 0.15) is 5.02 Å².